The van der Waals surface area contributed by atoms with Gasteiger partial charge in [0.15, 0.2) is 0 Å². The average Bonchev–Trinajstić information content (AvgIpc) is 3.18. The number of carbonyl (C=O) groups is 2. The van der Waals surface area contributed by atoms with E-state index in [-0.39, 0.29) is 48.7 Å². The van der Waals surface area contributed by atoms with E-state index in [0.717, 1.165) is 42.3 Å². The van der Waals surface area contributed by atoms with Crippen molar-refractivity contribution in [3.63, 3.8) is 0 Å². The Labute approximate surface area is 164 Å². The van der Waals surface area contributed by atoms with Crippen LogP contribution in [0.1, 0.15) is 18.4 Å². The van der Waals surface area contributed by atoms with Crippen molar-refractivity contribution < 1.29 is 9.59 Å². The smallest absolute Gasteiger partial charge is 0.242 e. The van der Waals surface area contributed by atoms with Crippen LogP contribution in [-0.2, 0) is 16.1 Å². The van der Waals surface area contributed by atoms with Crippen LogP contribution in [-0.4, -0.2) is 47.0 Å². The molecule has 2 unspecified atom stereocenters. The molecule has 0 saturated carbocycles. The molecule has 6 nitrogen and oxygen atoms in total. The van der Waals surface area contributed by atoms with Gasteiger partial charge in [-0.2, -0.15) is 0 Å². The predicted octanol–water partition coefficient (Wildman–Crippen LogP) is 1.58. The van der Waals surface area contributed by atoms with Crippen LogP contribution >= 0.6 is 36.6 Å². The number of thioether (sulfide) groups is 1. The number of nitrogens with zero attached hydrogens (tertiary/aromatic N) is 1. The molecule has 0 bridgehead atoms. The lowest BCUT2D eigenvalue weighted by Gasteiger charge is -2.22. The van der Waals surface area contributed by atoms with Gasteiger partial charge in [0.25, 0.3) is 0 Å². The molecule has 2 aliphatic rings. The van der Waals surface area contributed by atoms with Crippen LogP contribution in [0, 0.1) is 0 Å². The molecule has 0 spiro atoms. The highest BCUT2D eigenvalue weighted by Crippen LogP contribution is 2.21. The molecule has 140 valence electrons. The number of nitrogens with two attached hydrogens (primary N) is 1. The molecule has 1 aromatic rings. The SMILES string of the molecule is Cl.Cl.NC(=O)C1CCCN1Cc1cccc(NC(=O)C2CSCN2)c1. The summed E-state index contributed by atoms with van der Waals surface area (Å²) in [7, 11) is 0. The standard InChI is InChI=1S/C16H22N4O2S.2ClH/c17-15(21)14-5-2-6-20(14)8-11-3-1-4-12(7-11)19-16(22)13-9-23-10-18-13;;/h1,3-4,7,13-14,18H,2,5-6,8-10H2,(H2,17,21)(H,19,22);2*1H. The van der Waals surface area contributed by atoms with Gasteiger partial charge in [-0.15, -0.1) is 36.6 Å². The summed E-state index contributed by atoms with van der Waals surface area (Å²) in [6, 6.07) is 7.50. The highest BCUT2D eigenvalue weighted by molar-refractivity contribution is 7.99. The first kappa shape index (κ1) is 22.1. The van der Waals surface area contributed by atoms with Crippen molar-refractivity contribution in [2.75, 3.05) is 23.5 Å². The lowest BCUT2D eigenvalue weighted by Crippen LogP contribution is -2.39. The Hall–Kier alpha value is -0.990. The van der Waals surface area contributed by atoms with Crippen molar-refractivity contribution in [3.05, 3.63) is 29.8 Å². The molecule has 0 radical (unpaired) electrons. The van der Waals surface area contributed by atoms with Gasteiger partial charge in [-0.05, 0) is 37.1 Å². The topological polar surface area (TPSA) is 87.5 Å². The van der Waals surface area contributed by atoms with Crippen LogP contribution < -0.4 is 16.4 Å². The Morgan fingerprint density at radius 3 is 2.84 bits per heavy atom. The fourth-order valence-corrected chi connectivity index (χ4v) is 4.05. The number of anilines is 1. The summed E-state index contributed by atoms with van der Waals surface area (Å²) >= 11 is 1.73. The zero-order valence-corrected chi connectivity index (χ0v) is 16.2. The molecule has 1 aromatic carbocycles. The number of carbonyl (C=O) groups excluding carboxylic acids is 2. The van der Waals surface area contributed by atoms with Gasteiger partial charge in [-0.3, -0.25) is 19.8 Å². The van der Waals surface area contributed by atoms with Gasteiger partial charge < -0.3 is 11.1 Å². The largest absolute Gasteiger partial charge is 0.368 e. The number of primary amides is 1. The summed E-state index contributed by atoms with van der Waals surface area (Å²) in [4.78, 5) is 25.7. The third kappa shape index (κ3) is 5.76. The second-order valence-corrected chi connectivity index (χ2v) is 7.02. The van der Waals surface area contributed by atoms with Gasteiger partial charge in [-0.1, -0.05) is 12.1 Å². The molecule has 2 fully saturated rings. The quantitative estimate of drug-likeness (QED) is 0.690. The van der Waals surface area contributed by atoms with Crippen LogP contribution in [0.3, 0.4) is 0 Å². The minimum atomic E-state index is -0.253. The van der Waals surface area contributed by atoms with Crippen LogP contribution in [0.15, 0.2) is 24.3 Å². The van der Waals surface area contributed by atoms with E-state index < -0.39 is 0 Å². The van der Waals surface area contributed by atoms with E-state index in [2.05, 4.69) is 15.5 Å². The second-order valence-electron chi connectivity index (χ2n) is 5.99. The first-order chi connectivity index (χ1) is 11.1. The third-order valence-electron chi connectivity index (χ3n) is 4.31. The molecule has 0 aliphatic carbocycles. The van der Waals surface area contributed by atoms with Gasteiger partial charge in [-0.25, -0.2) is 0 Å². The fraction of sp³-hybridized carbons (Fsp3) is 0.500. The van der Waals surface area contributed by atoms with Gasteiger partial charge >= 0.3 is 0 Å². The first-order valence-electron chi connectivity index (χ1n) is 7.88. The van der Waals surface area contributed by atoms with E-state index in [1.165, 1.54) is 0 Å². The number of hydrogen-bond acceptors (Lipinski definition) is 5. The highest BCUT2D eigenvalue weighted by atomic mass is 35.5. The van der Waals surface area contributed by atoms with Crippen molar-refractivity contribution in [1.29, 1.82) is 0 Å². The van der Waals surface area contributed by atoms with Crippen molar-refractivity contribution >= 4 is 54.1 Å². The van der Waals surface area contributed by atoms with E-state index >= 15 is 0 Å². The summed E-state index contributed by atoms with van der Waals surface area (Å²) in [6.07, 6.45) is 1.83. The summed E-state index contributed by atoms with van der Waals surface area (Å²) < 4.78 is 0. The Kier molecular flexibility index (Phi) is 9.02. The van der Waals surface area contributed by atoms with E-state index in [1.807, 2.05) is 24.3 Å². The van der Waals surface area contributed by atoms with Crippen LogP contribution in [0.5, 0.6) is 0 Å². The van der Waals surface area contributed by atoms with Crippen molar-refractivity contribution in [2.24, 2.45) is 5.73 Å². The lowest BCUT2D eigenvalue weighted by molar-refractivity contribution is -0.122. The van der Waals surface area contributed by atoms with Crippen LogP contribution in [0.4, 0.5) is 5.69 Å². The Morgan fingerprint density at radius 1 is 1.36 bits per heavy atom. The second kappa shape index (κ2) is 10.2. The van der Waals surface area contributed by atoms with E-state index in [4.69, 9.17) is 5.73 Å². The molecule has 2 aliphatic heterocycles. The Balaban J connectivity index is 0.00000156. The molecule has 25 heavy (non-hydrogen) atoms. The monoisotopic (exact) mass is 406 g/mol. The van der Waals surface area contributed by atoms with Gasteiger partial charge in [0.1, 0.15) is 0 Å². The maximum absolute atomic E-state index is 12.2. The molecular formula is C16H24Cl2N4O2S. The molecule has 4 N–H and O–H groups in total. The molecule has 2 atom stereocenters. The maximum atomic E-state index is 12.2. The van der Waals surface area contributed by atoms with Crippen molar-refractivity contribution in [3.8, 4) is 0 Å². The minimum absolute atomic E-state index is 0. The van der Waals surface area contributed by atoms with E-state index in [1.54, 1.807) is 11.8 Å². The summed E-state index contributed by atoms with van der Waals surface area (Å²) in [5.74, 6) is 1.38. The number of likely N-dealkylation sites (tertiary alicyclic amines) is 1. The molecule has 0 aromatic heterocycles. The van der Waals surface area contributed by atoms with Gasteiger partial charge in [0, 0.05) is 23.9 Å². The third-order valence-corrected chi connectivity index (χ3v) is 5.24. The normalized spacial score (nSPS) is 22.7. The maximum Gasteiger partial charge on any atom is 0.242 e. The minimum Gasteiger partial charge on any atom is -0.368 e. The summed E-state index contributed by atoms with van der Waals surface area (Å²) in [6.45, 7) is 1.56. The van der Waals surface area contributed by atoms with E-state index in [0.29, 0.717) is 6.54 Å². The number of amides is 2. The number of benzene rings is 1. The number of nitrogens with one attached hydrogen (secondary N) is 2. The molecule has 3 rings (SSSR count). The molecule has 2 heterocycles. The molecule has 2 saturated heterocycles. The Bertz CT molecular complexity index is 599. The lowest BCUT2D eigenvalue weighted by atomic mass is 10.1. The molecule has 2 amide bonds. The highest BCUT2D eigenvalue weighted by Gasteiger charge is 2.28. The Morgan fingerprint density at radius 2 is 2.16 bits per heavy atom. The van der Waals surface area contributed by atoms with Gasteiger partial charge in [0.2, 0.25) is 11.8 Å². The average molecular weight is 407 g/mol. The van der Waals surface area contributed by atoms with Gasteiger partial charge in [0.05, 0.1) is 12.1 Å². The zero-order valence-electron chi connectivity index (χ0n) is 13.8. The van der Waals surface area contributed by atoms with Crippen LogP contribution in [0.25, 0.3) is 0 Å². The zero-order chi connectivity index (χ0) is 16.2. The van der Waals surface area contributed by atoms with Crippen LogP contribution in [0.2, 0.25) is 0 Å². The summed E-state index contributed by atoms with van der Waals surface area (Å²) in [5.41, 5.74) is 7.33. The fourth-order valence-electron chi connectivity index (χ4n) is 3.11. The molecular weight excluding hydrogens is 383 g/mol. The van der Waals surface area contributed by atoms with Crippen molar-refractivity contribution in [2.45, 2.75) is 31.5 Å². The summed E-state index contributed by atoms with van der Waals surface area (Å²) in [5, 5.41) is 6.12. The van der Waals surface area contributed by atoms with Crippen molar-refractivity contribution in [1.82, 2.24) is 10.2 Å². The number of hydrogen-bond donors (Lipinski definition) is 3. The molecule has 9 heteroatoms. The van der Waals surface area contributed by atoms with E-state index in [9.17, 15) is 9.59 Å². The first-order valence-corrected chi connectivity index (χ1v) is 9.03. The number of rotatable bonds is 5. The number of halogens is 2. The predicted molar refractivity (Wildman–Crippen MR) is 106 cm³/mol.